The lowest BCUT2D eigenvalue weighted by atomic mass is 9.96. The molecule has 1 saturated carbocycles. The molecule has 0 aromatic rings. The predicted molar refractivity (Wildman–Crippen MR) is 73.8 cm³/mol. The van der Waals surface area contributed by atoms with E-state index in [1.54, 1.807) is 0 Å². The molecular weight excluding hydrogens is 224 g/mol. The van der Waals surface area contributed by atoms with Crippen LogP contribution < -0.4 is 5.32 Å². The van der Waals surface area contributed by atoms with Crippen LogP contribution >= 0.6 is 0 Å². The molecule has 18 heavy (non-hydrogen) atoms. The molecule has 3 heteroatoms. The topological polar surface area (TPSA) is 24.5 Å². The first-order chi connectivity index (χ1) is 8.72. The van der Waals surface area contributed by atoms with Gasteiger partial charge in [-0.15, -0.1) is 0 Å². The molecule has 1 aliphatic carbocycles. The van der Waals surface area contributed by atoms with Crippen molar-refractivity contribution < 1.29 is 4.74 Å². The van der Waals surface area contributed by atoms with Gasteiger partial charge in [-0.25, -0.2) is 0 Å². The maximum atomic E-state index is 5.23. The molecule has 3 nitrogen and oxygen atoms in total. The molecule has 3 rings (SSSR count). The zero-order valence-corrected chi connectivity index (χ0v) is 12.0. The molecular formula is C15H28N2O. The van der Waals surface area contributed by atoms with E-state index < -0.39 is 0 Å². The predicted octanol–water partition coefficient (Wildman–Crippen LogP) is 2.02. The minimum atomic E-state index is 0.596. The van der Waals surface area contributed by atoms with E-state index in [-0.39, 0.29) is 0 Å². The fourth-order valence-corrected chi connectivity index (χ4v) is 3.95. The van der Waals surface area contributed by atoms with Gasteiger partial charge in [0.15, 0.2) is 0 Å². The maximum Gasteiger partial charge on any atom is 0.0468 e. The Morgan fingerprint density at radius 1 is 1.22 bits per heavy atom. The highest BCUT2D eigenvalue weighted by molar-refractivity contribution is 4.99. The summed E-state index contributed by atoms with van der Waals surface area (Å²) in [7, 11) is 4.14. The van der Waals surface area contributed by atoms with E-state index in [2.05, 4.69) is 17.3 Å². The number of nitrogens with one attached hydrogen (secondary N) is 1. The van der Waals surface area contributed by atoms with Crippen molar-refractivity contribution in [2.24, 2.45) is 5.41 Å². The highest BCUT2D eigenvalue weighted by Gasteiger charge is 2.43. The van der Waals surface area contributed by atoms with Crippen LogP contribution in [0.4, 0.5) is 0 Å². The van der Waals surface area contributed by atoms with Crippen molar-refractivity contribution >= 4 is 0 Å². The van der Waals surface area contributed by atoms with Gasteiger partial charge in [0.2, 0.25) is 0 Å². The zero-order chi connectivity index (χ0) is 12.6. The number of hydrogen-bond acceptors (Lipinski definition) is 3. The summed E-state index contributed by atoms with van der Waals surface area (Å²) < 4.78 is 5.23. The normalized spacial score (nSPS) is 38.0. The van der Waals surface area contributed by atoms with E-state index in [0.717, 1.165) is 24.7 Å². The Bertz CT molecular complexity index is 276. The molecule has 0 spiro atoms. The molecule has 2 atom stereocenters. The van der Waals surface area contributed by atoms with Gasteiger partial charge in [-0.05, 0) is 57.4 Å². The lowest BCUT2D eigenvalue weighted by Crippen LogP contribution is -2.48. The third-order valence-electron chi connectivity index (χ3n) is 5.66. The van der Waals surface area contributed by atoms with E-state index in [4.69, 9.17) is 4.74 Å². The van der Waals surface area contributed by atoms with Gasteiger partial charge in [-0.3, -0.25) is 0 Å². The fourth-order valence-electron chi connectivity index (χ4n) is 3.95. The van der Waals surface area contributed by atoms with Gasteiger partial charge in [-0.2, -0.15) is 0 Å². The minimum absolute atomic E-state index is 0.596. The van der Waals surface area contributed by atoms with Crippen LogP contribution in [0.25, 0.3) is 0 Å². The third-order valence-corrected chi connectivity index (χ3v) is 5.66. The highest BCUT2D eigenvalue weighted by atomic mass is 16.5. The molecule has 2 heterocycles. The second-order valence-corrected chi connectivity index (χ2v) is 6.84. The van der Waals surface area contributed by atoms with Crippen LogP contribution in [0.5, 0.6) is 0 Å². The Balaban J connectivity index is 1.44. The number of methoxy groups -OCH3 is 1. The van der Waals surface area contributed by atoms with E-state index in [1.165, 1.54) is 51.5 Å². The SMILES string of the molecule is COCCC1(CNC2CC3CCC(C2)N3C)CC1. The van der Waals surface area contributed by atoms with Crippen molar-refractivity contribution in [3.05, 3.63) is 0 Å². The van der Waals surface area contributed by atoms with Gasteiger partial charge in [0.05, 0.1) is 0 Å². The first kappa shape index (κ1) is 12.9. The van der Waals surface area contributed by atoms with Gasteiger partial charge < -0.3 is 15.0 Å². The minimum Gasteiger partial charge on any atom is -0.385 e. The number of piperidine rings is 1. The molecule has 3 aliphatic rings. The monoisotopic (exact) mass is 252 g/mol. The number of rotatable bonds is 6. The summed E-state index contributed by atoms with van der Waals surface area (Å²) in [5, 5.41) is 3.87. The van der Waals surface area contributed by atoms with Crippen LogP contribution in [-0.2, 0) is 4.74 Å². The lowest BCUT2D eigenvalue weighted by molar-refractivity contribution is 0.139. The second-order valence-electron chi connectivity index (χ2n) is 6.84. The van der Waals surface area contributed by atoms with E-state index in [1.807, 2.05) is 7.11 Å². The van der Waals surface area contributed by atoms with Crippen molar-refractivity contribution in [3.8, 4) is 0 Å². The highest BCUT2D eigenvalue weighted by Crippen LogP contribution is 2.48. The van der Waals surface area contributed by atoms with E-state index in [0.29, 0.717) is 5.41 Å². The molecule has 0 aromatic heterocycles. The van der Waals surface area contributed by atoms with Gasteiger partial charge in [0.1, 0.15) is 0 Å². The van der Waals surface area contributed by atoms with Crippen molar-refractivity contribution in [2.45, 2.75) is 63.1 Å². The molecule has 2 unspecified atom stereocenters. The Labute approximate surface area is 111 Å². The summed E-state index contributed by atoms with van der Waals surface area (Å²) >= 11 is 0. The summed E-state index contributed by atoms with van der Waals surface area (Å²) in [6, 6.07) is 2.49. The summed E-state index contributed by atoms with van der Waals surface area (Å²) in [6.07, 6.45) is 9.64. The Morgan fingerprint density at radius 3 is 2.44 bits per heavy atom. The van der Waals surface area contributed by atoms with Gasteiger partial charge in [-0.1, -0.05) is 0 Å². The number of ether oxygens (including phenoxy) is 1. The van der Waals surface area contributed by atoms with Crippen LogP contribution in [0.3, 0.4) is 0 Å². The number of fused-ring (bicyclic) bond motifs is 2. The molecule has 0 amide bonds. The maximum absolute atomic E-state index is 5.23. The van der Waals surface area contributed by atoms with Gasteiger partial charge >= 0.3 is 0 Å². The standard InChI is InChI=1S/C15H28N2O/c1-17-13-3-4-14(17)10-12(9-13)16-11-15(5-6-15)7-8-18-2/h12-14,16H,3-11H2,1-2H3. The summed E-state index contributed by atoms with van der Waals surface area (Å²) in [5.74, 6) is 0. The van der Waals surface area contributed by atoms with Crippen LogP contribution in [-0.4, -0.2) is 50.3 Å². The molecule has 0 radical (unpaired) electrons. The van der Waals surface area contributed by atoms with Crippen LogP contribution in [0.15, 0.2) is 0 Å². The number of nitrogens with zero attached hydrogens (tertiary/aromatic N) is 1. The summed E-state index contributed by atoms with van der Waals surface area (Å²) in [5.41, 5.74) is 0.596. The molecule has 2 saturated heterocycles. The Morgan fingerprint density at radius 2 is 1.89 bits per heavy atom. The van der Waals surface area contributed by atoms with Crippen LogP contribution in [0, 0.1) is 5.41 Å². The van der Waals surface area contributed by atoms with Gasteiger partial charge in [0, 0.05) is 38.4 Å². The molecule has 104 valence electrons. The second kappa shape index (κ2) is 5.10. The first-order valence-electron chi connectivity index (χ1n) is 7.67. The summed E-state index contributed by atoms with van der Waals surface area (Å²) in [4.78, 5) is 2.62. The molecule has 1 N–H and O–H groups in total. The lowest BCUT2D eigenvalue weighted by Gasteiger charge is -2.37. The molecule has 3 fully saturated rings. The Hall–Kier alpha value is -0.120. The van der Waals surface area contributed by atoms with E-state index >= 15 is 0 Å². The van der Waals surface area contributed by atoms with Crippen molar-refractivity contribution in [2.75, 3.05) is 27.3 Å². The average molecular weight is 252 g/mol. The third kappa shape index (κ3) is 2.59. The molecule has 0 aromatic carbocycles. The van der Waals surface area contributed by atoms with Crippen LogP contribution in [0.2, 0.25) is 0 Å². The first-order valence-corrected chi connectivity index (χ1v) is 7.67. The van der Waals surface area contributed by atoms with Crippen molar-refractivity contribution in [1.29, 1.82) is 0 Å². The van der Waals surface area contributed by atoms with Gasteiger partial charge in [0.25, 0.3) is 0 Å². The quantitative estimate of drug-likeness (QED) is 0.783. The molecule has 2 aliphatic heterocycles. The van der Waals surface area contributed by atoms with E-state index in [9.17, 15) is 0 Å². The molecule has 2 bridgehead atoms. The summed E-state index contributed by atoms with van der Waals surface area (Å²) in [6.45, 7) is 2.16. The Kier molecular flexibility index (Phi) is 3.65. The van der Waals surface area contributed by atoms with Crippen molar-refractivity contribution in [3.63, 3.8) is 0 Å². The number of hydrogen-bond donors (Lipinski definition) is 1. The zero-order valence-electron chi connectivity index (χ0n) is 12.0. The largest absolute Gasteiger partial charge is 0.385 e. The smallest absolute Gasteiger partial charge is 0.0468 e. The van der Waals surface area contributed by atoms with Crippen LogP contribution in [0.1, 0.15) is 44.9 Å². The fraction of sp³-hybridized carbons (Fsp3) is 1.00. The van der Waals surface area contributed by atoms with Crippen molar-refractivity contribution in [1.82, 2.24) is 10.2 Å². The average Bonchev–Trinajstić information content (AvgIpc) is 3.12.